The molecular formula is C20H26IN3O2. The van der Waals surface area contributed by atoms with Crippen LogP contribution in [-0.2, 0) is 19.4 Å². The fraction of sp³-hybridized carbons (Fsp3) is 0.350. The SMILES string of the molecule is COc1ccc(CN=C(N)Nc2cccc3c2CCCC3)cc1OC.I. The maximum absolute atomic E-state index is 6.10. The minimum Gasteiger partial charge on any atom is -0.493 e. The number of rotatable bonds is 5. The first-order valence-corrected chi connectivity index (χ1v) is 8.60. The summed E-state index contributed by atoms with van der Waals surface area (Å²) in [5, 5.41) is 3.26. The maximum atomic E-state index is 6.10. The van der Waals surface area contributed by atoms with Crippen molar-refractivity contribution in [2.45, 2.75) is 32.2 Å². The third-order valence-electron chi connectivity index (χ3n) is 4.54. The first-order chi connectivity index (χ1) is 12.2. The molecule has 2 aromatic carbocycles. The van der Waals surface area contributed by atoms with Crippen LogP contribution in [0.3, 0.4) is 0 Å². The van der Waals surface area contributed by atoms with E-state index in [1.807, 2.05) is 18.2 Å². The van der Waals surface area contributed by atoms with Crippen molar-refractivity contribution in [2.75, 3.05) is 19.5 Å². The predicted octanol–water partition coefficient (Wildman–Crippen LogP) is 4.13. The van der Waals surface area contributed by atoms with Crippen LogP contribution in [0.1, 0.15) is 29.5 Å². The Morgan fingerprint density at radius 2 is 1.85 bits per heavy atom. The second-order valence-corrected chi connectivity index (χ2v) is 6.17. The van der Waals surface area contributed by atoms with Crippen LogP contribution in [0, 0.1) is 0 Å². The summed E-state index contributed by atoms with van der Waals surface area (Å²) >= 11 is 0. The van der Waals surface area contributed by atoms with Crippen molar-refractivity contribution in [3.05, 3.63) is 53.1 Å². The first-order valence-electron chi connectivity index (χ1n) is 8.60. The van der Waals surface area contributed by atoms with E-state index in [0.29, 0.717) is 24.0 Å². The highest BCUT2D eigenvalue weighted by Crippen LogP contribution is 2.29. The number of anilines is 1. The van der Waals surface area contributed by atoms with Gasteiger partial charge in [-0.25, -0.2) is 4.99 Å². The van der Waals surface area contributed by atoms with Gasteiger partial charge >= 0.3 is 0 Å². The first kappa shape index (κ1) is 20.4. The number of nitrogens with two attached hydrogens (primary N) is 1. The molecule has 2 aromatic rings. The van der Waals surface area contributed by atoms with Crippen LogP contribution >= 0.6 is 24.0 Å². The number of nitrogens with one attached hydrogen (secondary N) is 1. The highest BCUT2D eigenvalue weighted by atomic mass is 127. The molecule has 26 heavy (non-hydrogen) atoms. The molecule has 0 unspecified atom stereocenters. The van der Waals surface area contributed by atoms with Crippen molar-refractivity contribution >= 4 is 35.6 Å². The van der Waals surface area contributed by atoms with E-state index >= 15 is 0 Å². The molecule has 140 valence electrons. The quantitative estimate of drug-likeness (QED) is 0.394. The van der Waals surface area contributed by atoms with Crippen molar-refractivity contribution in [3.8, 4) is 11.5 Å². The lowest BCUT2D eigenvalue weighted by Gasteiger charge is -2.19. The Bertz CT molecular complexity index is 778. The summed E-state index contributed by atoms with van der Waals surface area (Å²) in [6.07, 6.45) is 4.74. The average Bonchev–Trinajstić information content (AvgIpc) is 2.66. The van der Waals surface area contributed by atoms with Crippen molar-refractivity contribution < 1.29 is 9.47 Å². The van der Waals surface area contributed by atoms with Crippen molar-refractivity contribution in [2.24, 2.45) is 10.7 Å². The summed E-state index contributed by atoms with van der Waals surface area (Å²) in [6.45, 7) is 0.480. The highest BCUT2D eigenvalue weighted by Gasteiger charge is 2.13. The summed E-state index contributed by atoms with van der Waals surface area (Å²) in [6, 6.07) is 12.1. The highest BCUT2D eigenvalue weighted by molar-refractivity contribution is 14.0. The number of aryl methyl sites for hydroxylation is 1. The standard InChI is InChI=1S/C20H25N3O2.HI/c1-24-18-11-10-14(12-19(18)25-2)13-22-20(21)23-17-9-5-7-15-6-3-4-8-16(15)17;/h5,7,9-12H,3-4,6,8,13H2,1-2H3,(H3,21,22,23);1H. The molecule has 0 fully saturated rings. The summed E-state index contributed by atoms with van der Waals surface area (Å²) in [4.78, 5) is 4.46. The summed E-state index contributed by atoms with van der Waals surface area (Å²) in [7, 11) is 3.25. The van der Waals surface area contributed by atoms with Gasteiger partial charge in [0.15, 0.2) is 17.5 Å². The molecule has 0 amide bonds. The van der Waals surface area contributed by atoms with E-state index in [0.717, 1.165) is 24.1 Å². The number of aliphatic imine (C=N–C) groups is 1. The predicted molar refractivity (Wildman–Crippen MR) is 117 cm³/mol. The number of methoxy groups -OCH3 is 2. The van der Waals surface area contributed by atoms with E-state index in [-0.39, 0.29) is 24.0 Å². The average molecular weight is 467 g/mol. The minimum absolute atomic E-state index is 0. The van der Waals surface area contributed by atoms with E-state index in [2.05, 4.69) is 28.5 Å². The molecule has 1 aliphatic carbocycles. The number of hydrogen-bond donors (Lipinski definition) is 2. The van der Waals surface area contributed by atoms with E-state index in [1.54, 1.807) is 14.2 Å². The molecular weight excluding hydrogens is 441 g/mol. The number of guanidine groups is 1. The zero-order valence-corrected chi connectivity index (χ0v) is 17.6. The van der Waals surface area contributed by atoms with Gasteiger partial charge in [0.25, 0.3) is 0 Å². The van der Waals surface area contributed by atoms with Crippen molar-refractivity contribution in [1.29, 1.82) is 0 Å². The third kappa shape index (κ3) is 4.81. The smallest absolute Gasteiger partial charge is 0.193 e. The van der Waals surface area contributed by atoms with Gasteiger partial charge in [-0.3, -0.25) is 0 Å². The van der Waals surface area contributed by atoms with Crippen LogP contribution in [-0.4, -0.2) is 20.2 Å². The lowest BCUT2D eigenvalue weighted by atomic mass is 9.90. The van der Waals surface area contributed by atoms with Gasteiger partial charge in [-0.2, -0.15) is 0 Å². The van der Waals surface area contributed by atoms with Crippen molar-refractivity contribution in [1.82, 2.24) is 0 Å². The fourth-order valence-corrected chi connectivity index (χ4v) is 3.23. The number of ether oxygens (including phenoxy) is 2. The largest absolute Gasteiger partial charge is 0.493 e. The number of halogens is 1. The normalized spacial score (nSPS) is 13.4. The molecule has 0 bridgehead atoms. The molecule has 5 nitrogen and oxygen atoms in total. The van der Waals surface area contributed by atoms with Gasteiger partial charge in [0.05, 0.1) is 20.8 Å². The molecule has 3 N–H and O–H groups in total. The molecule has 0 spiro atoms. The van der Waals surface area contributed by atoms with Gasteiger partial charge in [0, 0.05) is 5.69 Å². The van der Waals surface area contributed by atoms with Gasteiger partial charge in [-0.1, -0.05) is 18.2 Å². The molecule has 0 heterocycles. The van der Waals surface area contributed by atoms with Crippen LogP contribution in [0.25, 0.3) is 0 Å². The monoisotopic (exact) mass is 467 g/mol. The zero-order chi connectivity index (χ0) is 17.6. The second-order valence-electron chi connectivity index (χ2n) is 6.17. The Morgan fingerprint density at radius 1 is 1.08 bits per heavy atom. The lowest BCUT2D eigenvalue weighted by molar-refractivity contribution is 0.354. The Hall–Kier alpha value is -1.96. The lowest BCUT2D eigenvalue weighted by Crippen LogP contribution is -2.24. The molecule has 3 rings (SSSR count). The Kier molecular flexibility index (Phi) is 7.56. The van der Waals surface area contributed by atoms with E-state index in [1.165, 1.54) is 24.0 Å². The van der Waals surface area contributed by atoms with E-state index in [9.17, 15) is 0 Å². The van der Waals surface area contributed by atoms with E-state index < -0.39 is 0 Å². The van der Waals surface area contributed by atoms with Gasteiger partial charge < -0.3 is 20.5 Å². The van der Waals surface area contributed by atoms with Gasteiger partial charge in [0.2, 0.25) is 0 Å². The molecule has 0 aliphatic heterocycles. The summed E-state index contributed by atoms with van der Waals surface area (Å²) in [5.41, 5.74) is 11.0. The molecule has 0 atom stereocenters. The Balaban J connectivity index is 0.00000243. The number of benzene rings is 2. The van der Waals surface area contributed by atoms with Gasteiger partial charge in [0.1, 0.15) is 0 Å². The summed E-state index contributed by atoms with van der Waals surface area (Å²) < 4.78 is 10.6. The number of fused-ring (bicyclic) bond motifs is 1. The minimum atomic E-state index is 0. The number of nitrogens with zero attached hydrogens (tertiary/aromatic N) is 1. The van der Waals surface area contributed by atoms with Crippen LogP contribution in [0.2, 0.25) is 0 Å². The van der Waals surface area contributed by atoms with Gasteiger partial charge in [-0.05, 0) is 60.6 Å². The zero-order valence-electron chi connectivity index (χ0n) is 15.2. The maximum Gasteiger partial charge on any atom is 0.193 e. The van der Waals surface area contributed by atoms with Crippen LogP contribution in [0.15, 0.2) is 41.4 Å². The van der Waals surface area contributed by atoms with Crippen LogP contribution < -0.4 is 20.5 Å². The Morgan fingerprint density at radius 3 is 2.62 bits per heavy atom. The fourth-order valence-electron chi connectivity index (χ4n) is 3.23. The summed E-state index contributed by atoms with van der Waals surface area (Å²) in [5.74, 6) is 1.82. The molecule has 1 aliphatic rings. The van der Waals surface area contributed by atoms with Gasteiger partial charge in [-0.15, -0.1) is 24.0 Å². The van der Waals surface area contributed by atoms with Crippen LogP contribution in [0.5, 0.6) is 11.5 Å². The molecule has 0 radical (unpaired) electrons. The third-order valence-corrected chi connectivity index (χ3v) is 4.54. The van der Waals surface area contributed by atoms with Crippen LogP contribution in [0.4, 0.5) is 5.69 Å². The molecule has 0 aromatic heterocycles. The Labute approximate surface area is 172 Å². The second kappa shape index (κ2) is 9.66. The molecule has 6 heteroatoms. The topological polar surface area (TPSA) is 68.9 Å². The number of hydrogen-bond acceptors (Lipinski definition) is 3. The van der Waals surface area contributed by atoms with E-state index in [4.69, 9.17) is 15.2 Å². The molecule has 0 saturated heterocycles. The van der Waals surface area contributed by atoms with Crippen molar-refractivity contribution in [3.63, 3.8) is 0 Å². The molecule has 0 saturated carbocycles.